The molecule has 0 aliphatic rings. The van der Waals surface area contributed by atoms with E-state index in [0.717, 1.165) is 56.3 Å². The molecule has 0 aliphatic carbocycles. The third-order valence-electron chi connectivity index (χ3n) is 6.25. The van der Waals surface area contributed by atoms with Gasteiger partial charge in [-0.2, -0.15) is 0 Å². The Morgan fingerprint density at radius 3 is 1.32 bits per heavy atom. The second-order valence-corrected chi connectivity index (χ2v) is 8.96. The van der Waals surface area contributed by atoms with Crippen LogP contribution < -0.4 is 10.6 Å². The van der Waals surface area contributed by atoms with Crippen molar-refractivity contribution in [3.63, 3.8) is 0 Å². The van der Waals surface area contributed by atoms with Crippen molar-refractivity contribution in [2.75, 3.05) is 10.6 Å². The predicted molar refractivity (Wildman–Crippen MR) is 153 cm³/mol. The van der Waals surface area contributed by atoms with Crippen LogP contribution in [0.15, 0.2) is 114 Å². The summed E-state index contributed by atoms with van der Waals surface area (Å²) in [4.78, 5) is 0. The lowest BCUT2D eigenvalue weighted by molar-refractivity contribution is 0.596. The lowest BCUT2D eigenvalue weighted by Crippen LogP contribution is -2.11. The molecule has 5 rings (SSSR count). The molecule has 0 radical (unpaired) electrons. The maximum atomic E-state index is 8.32. The third-order valence-corrected chi connectivity index (χ3v) is 6.25. The molecule has 4 aromatic carbocycles. The average molecular weight is 485 g/mol. The standard InChI is InChI=1S/C32H28N4O/c1-21-19-25(35-31(33)23-9-5-3-6-10-23)13-15-27(21)29-17-18-30(37-29)28-16-14-26(20-22(28)2)36-32(34)24-11-7-4-8-12-24/h3-20H,1-2H3,(H2,33,35)(H2,34,36). The first-order valence-corrected chi connectivity index (χ1v) is 12.1. The third kappa shape index (κ3) is 5.36. The van der Waals surface area contributed by atoms with Crippen LogP contribution in [0.25, 0.3) is 22.6 Å². The number of benzene rings is 4. The summed E-state index contributed by atoms with van der Waals surface area (Å²) in [6.45, 7) is 4.09. The van der Waals surface area contributed by atoms with Crippen molar-refractivity contribution in [1.29, 1.82) is 10.8 Å². The Kier molecular flexibility index (Phi) is 6.68. The number of anilines is 2. The van der Waals surface area contributed by atoms with Gasteiger partial charge in [0.05, 0.1) is 0 Å². The van der Waals surface area contributed by atoms with Gasteiger partial charge in [-0.05, 0) is 73.5 Å². The zero-order valence-corrected chi connectivity index (χ0v) is 20.8. The first kappa shape index (κ1) is 23.8. The maximum absolute atomic E-state index is 8.32. The van der Waals surface area contributed by atoms with Crippen LogP contribution >= 0.6 is 0 Å². The van der Waals surface area contributed by atoms with Crippen molar-refractivity contribution < 1.29 is 4.42 Å². The molecule has 5 aromatic rings. The summed E-state index contributed by atoms with van der Waals surface area (Å²) >= 11 is 0. The van der Waals surface area contributed by atoms with Gasteiger partial charge in [-0.3, -0.25) is 10.8 Å². The van der Waals surface area contributed by atoms with Crippen molar-refractivity contribution in [3.8, 4) is 22.6 Å². The number of furan rings is 1. The summed E-state index contributed by atoms with van der Waals surface area (Å²) in [5, 5.41) is 23.0. The Hall–Kier alpha value is -4.90. The fourth-order valence-electron chi connectivity index (χ4n) is 4.31. The highest BCUT2D eigenvalue weighted by molar-refractivity contribution is 6.06. The second-order valence-electron chi connectivity index (χ2n) is 8.96. The quantitative estimate of drug-likeness (QED) is 0.145. The molecule has 37 heavy (non-hydrogen) atoms. The van der Waals surface area contributed by atoms with Crippen molar-refractivity contribution >= 4 is 23.0 Å². The van der Waals surface area contributed by atoms with Crippen molar-refractivity contribution in [3.05, 3.63) is 131 Å². The maximum Gasteiger partial charge on any atom is 0.135 e. The lowest BCUT2D eigenvalue weighted by Gasteiger charge is -2.11. The van der Waals surface area contributed by atoms with Crippen LogP contribution in [0.4, 0.5) is 11.4 Å². The number of aryl methyl sites for hydroxylation is 2. The van der Waals surface area contributed by atoms with Crippen LogP contribution in [0, 0.1) is 24.7 Å². The van der Waals surface area contributed by atoms with E-state index >= 15 is 0 Å². The smallest absolute Gasteiger partial charge is 0.135 e. The molecular formula is C32H28N4O. The molecule has 5 heteroatoms. The van der Waals surface area contributed by atoms with Crippen LogP contribution in [-0.2, 0) is 0 Å². The molecule has 1 heterocycles. The zero-order chi connectivity index (χ0) is 25.8. The van der Waals surface area contributed by atoms with Crippen molar-refractivity contribution in [1.82, 2.24) is 0 Å². The molecule has 0 spiro atoms. The minimum absolute atomic E-state index is 0.361. The fourth-order valence-corrected chi connectivity index (χ4v) is 4.31. The first-order chi connectivity index (χ1) is 18.0. The molecule has 0 saturated carbocycles. The topological polar surface area (TPSA) is 84.9 Å². The number of rotatable bonds is 6. The molecule has 0 fully saturated rings. The molecule has 0 atom stereocenters. The number of nitrogens with one attached hydrogen (secondary N) is 4. The van der Waals surface area contributed by atoms with Gasteiger partial charge in [0.15, 0.2) is 0 Å². The summed E-state index contributed by atoms with van der Waals surface area (Å²) in [6.07, 6.45) is 0. The number of amidine groups is 2. The molecule has 0 bridgehead atoms. The minimum Gasteiger partial charge on any atom is -0.456 e. The summed E-state index contributed by atoms with van der Waals surface area (Å²) < 4.78 is 6.27. The normalized spacial score (nSPS) is 10.6. The van der Waals surface area contributed by atoms with E-state index in [9.17, 15) is 0 Å². The van der Waals surface area contributed by atoms with E-state index in [-0.39, 0.29) is 0 Å². The minimum atomic E-state index is 0.361. The highest BCUT2D eigenvalue weighted by Gasteiger charge is 2.13. The van der Waals surface area contributed by atoms with Gasteiger partial charge in [0.2, 0.25) is 0 Å². The van der Waals surface area contributed by atoms with Crippen LogP contribution in [-0.4, -0.2) is 11.7 Å². The molecule has 1 aromatic heterocycles. The highest BCUT2D eigenvalue weighted by Crippen LogP contribution is 2.33. The fraction of sp³-hybridized carbons (Fsp3) is 0.0625. The summed E-state index contributed by atoms with van der Waals surface area (Å²) in [5.74, 6) is 2.31. The second kappa shape index (κ2) is 10.4. The van der Waals surface area contributed by atoms with Crippen LogP contribution in [0.1, 0.15) is 22.3 Å². The summed E-state index contributed by atoms with van der Waals surface area (Å²) in [5.41, 5.74) is 7.54. The highest BCUT2D eigenvalue weighted by atomic mass is 16.3. The number of hydrogen-bond acceptors (Lipinski definition) is 3. The lowest BCUT2D eigenvalue weighted by atomic mass is 10.0. The van der Waals surface area contributed by atoms with E-state index in [2.05, 4.69) is 10.6 Å². The van der Waals surface area contributed by atoms with E-state index in [4.69, 9.17) is 15.2 Å². The SMILES string of the molecule is Cc1cc(NC(=N)c2ccccc2)ccc1-c1ccc(-c2ccc(NC(=N)c3ccccc3)cc2C)o1. The molecule has 5 nitrogen and oxygen atoms in total. The average Bonchev–Trinajstić information content (AvgIpc) is 3.39. The Balaban J connectivity index is 1.31. The van der Waals surface area contributed by atoms with Crippen molar-refractivity contribution in [2.45, 2.75) is 13.8 Å². The summed E-state index contributed by atoms with van der Waals surface area (Å²) in [6, 6.07) is 35.3. The molecule has 0 amide bonds. The van der Waals surface area contributed by atoms with Gasteiger partial charge in [0.25, 0.3) is 0 Å². The largest absolute Gasteiger partial charge is 0.456 e. The molecule has 4 N–H and O–H groups in total. The molecule has 0 aliphatic heterocycles. The Labute approximate surface area is 216 Å². The molecule has 182 valence electrons. The van der Waals surface area contributed by atoms with E-state index in [1.165, 1.54) is 0 Å². The number of hydrogen-bond donors (Lipinski definition) is 4. The van der Waals surface area contributed by atoms with E-state index in [0.29, 0.717) is 11.7 Å². The Bertz CT molecular complexity index is 1450. The molecule has 0 unspecified atom stereocenters. The van der Waals surface area contributed by atoms with E-state index in [1.54, 1.807) is 0 Å². The molecule has 0 saturated heterocycles. The first-order valence-electron chi connectivity index (χ1n) is 12.1. The van der Waals surface area contributed by atoms with Gasteiger partial charge >= 0.3 is 0 Å². The van der Waals surface area contributed by atoms with Gasteiger partial charge in [-0.15, -0.1) is 0 Å². The Morgan fingerprint density at radius 2 is 0.946 bits per heavy atom. The van der Waals surface area contributed by atoms with Gasteiger partial charge in [0.1, 0.15) is 23.2 Å². The van der Waals surface area contributed by atoms with Gasteiger partial charge in [-0.25, -0.2) is 0 Å². The van der Waals surface area contributed by atoms with Gasteiger partial charge in [0, 0.05) is 33.6 Å². The summed E-state index contributed by atoms with van der Waals surface area (Å²) in [7, 11) is 0. The monoisotopic (exact) mass is 484 g/mol. The van der Waals surface area contributed by atoms with Crippen LogP contribution in [0.2, 0.25) is 0 Å². The Morgan fingerprint density at radius 1 is 0.541 bits per heavy atom. The van der Waals surface area contributed by atoms with Gasteiger partial charge < -0.3 is 15.1 Å². The van der Waals surface area contributed by atoms with Crippen LogP contribution in [0.5, 0.6) is 0 Å². The predicted octanol–water partition coefficient (Wildman–Crippen LogP) is 8.11. The van der Waals surface area contributed by atoms with E-state index < -0.39 is 0 Å². The molecular weight excluding hydrogens is 456 g/mol. The van der Waals surface area contributed by atoms with Gasteiger partial charge in [-0.1, -0.05) is 60.7 Å². The van der Waals surface area contributed by atoms with E-state index in [1.807, 2.05) is 123 Å². The van der Waals surface area contributed by atoms with Crippen molar-refractivity contribution in [2.24, 2.45) is 0 Å². The van der Waals surface area contributed by atoms with Crippen LogP contribution in [0.3, 0.4) is 0 Å². The zero-order valence-electron chi connectivity index (χ0n) is 20.8.